The van der Waals surface area contributed by atoms with Crippen LogP contribution in [0.5, 0.6) is 0 Å². The molecular formula is C22H32O2. The topological polar surface area (TPSA) is 26.3 Å². The van der Waals surface area contributed by atoms with E-state index in [0.29, 0.717) is 6.61 Å². The summed E-state index contributed by atoms with van der Waals surface area (Å²) in [6.07, 6.45) is 15.7. The summed E-state index contributed by atoms with van der Waals surface area (Å²) in [4.78, 5) is 11.4. The van der Waals surface area contributed by atoms with Crippen LogP contribution in [0.15, 0.2) is 58.7 Å². The third-order valence-corrected chi connectivity index (χ3v) is 4.41. The summed E-state index contributed by atoms with van der Waals surface area (Å²) in [5.74, 6) is -0.290. The Morgan fingerprint density at radius 2 is 1.92 bits per heavy atom. The monoisotopic (exact) mass is 328 g/mol. The Kier molecular flexibility index (Phi) is 7.97. The maximum Gasteiger partial charge on any atom is 0.330 e. The van der Waals surface area contributed by atoms with Gasteiger partial charge in [0.05, 0.1) is 6.61 Å². The van der Waals surface area contributed by atoms with Gasteiger partial charge in [-0.25, -0.2) is 4.79 Å². The fourth-order valence-corrected chi connectivity index (χ4v) is 3.05. The zero-order valence-corrected chi connectivity index (χ0v) is 16.1. The lowest BCUT2D eigenvalue weighted by molar-refractivity contribution is -0.137. The first-order valence-corrected chi connectivity index (χ1v) is 8.84. The summed E-state index contributed by atoms with van der Waals surface area (Å²) in [7, 11) is 0. The predicted molar refractivity (Wildman–Crippen MR) is 103 cm³/mol. The van der Waals surface area contributed by atoms with Gasteiger partial charge < -0.3 is 4.74 Å². The molecular weight excluding hydrogens is 296 g/mol. The molecule has 24 heavy (non-hydrogen) atoms. The zero-order chi connectivity index (χ0) is 18.2. The highest BCUT2D eigenvalue weighted by Gasteiger charge is 2.26. The van der Waals surface area contributed by atoms with Crippen molar-refractivity contribution >= 4 is 5.97 Å². The number of allylic oxidation sites excluding steroid dienone is 9. The van der Waals surface area contributed by atoms with Gasteiger partial charge in [0.25, 0.3) is 0 Å². The van der Waals surface area contributed by atoms with Gasteiger partial charge in [-0.1, -0.05) is 55.4 Å². The largest absolute Gasteiger partial charge is 0.463 e. The highest BCUT2D eigenvalue weighted by Crippen LogP contribution is 2.40. The van der Waals surface area contributed by atoms with Gasteiger partial charge in [0, 0.05) is 6.08 Å². The van der Waals surface area contributed by atoms with Crippen LogP contribution in [0.1, 0.15) is 60.8 Å². The molecule has 2 nitrogen and oxygen atoms in total. The van der Waals surface area contributed by atoms with Gasteiger partial charge in [-0.05, 0) is 63.5 Å². The normalized spacial score (nSPS) is 19.4. The van der Waals surface area contributed by atoms with Crippen LogP contribution in [0.4, 0.5) is 0 Å². The molecule has 0 heterocycles. The molecule has 0 aromatic heterocycles. The lowest BCUT2D eigenvalue weighted by Crippen LogP contribution is -2.19. The van der Waals surface area contributed by atoms with E-state index < -0.39 is 0 Å². The van der Waals surface area contributed by atoms with Gasteiger partial charge in [0.2, 0.25) is 0 Å². The van der Waals surface area contributed by atoms with E-state index in [1.807, 2.05) is 19.1 Å². The Morgan fingerprint density at radius 3 is 2.54 bits per heavy atom. The summed E-state index contributed by atoms with van der Waals surface area (Å²) in [6, 6.07) is 0. The van der Waals surface area contributed by atoms with E-state index in [1.54, 1.807) is 6.92 Å². The van der Waals surface area contributed by atoms with E-state index in [-0.39, 0.29) is 11.4 Å². The molecule has 1 aliphatic carbocycles. The summed E-state index contributed by atoms with van der Waals surface area (Å²) in [5, 5.41) is 0. The summed E-state index contributed by atoms with van der Waals surface area (Å²) >= 11 is 0. The van der Waals surface area contributed by atoms with Crippen molar-refractivity contribution < 1.29 is 9.53 Å². The molecule has 0 unspecified atom stereocenters. The molecule has 0 saturated heterocycles. The van der Waals surface area contributed by atoms with Crippen LogP contribution in [0, 0.1) is 5.41 Å². The number of hydrogen-bond donors (Lipinski definition) is 0. The quantitative estimate of drug-likeness (QED) is 0.335. The predicted octanol–water partition coefficient (Wildman–Crippen LogP) is 6.08. The minimum Gasteiger partial charge on any atom is -0.463 e. The minimum atomic E-state index is -0.290. The average Bonchev–Trinajstić information content (AvgIpc) is 2.46. The maximum absolute atomic E-state index is 11.4. The number of rotatable bonds is 6. The number of hydrogen-bond acceptors (Lipinski definition) is 2. The second-order valence-electron chi connectivity index (χ2n) is 7.17. The minimum absolute atomic E-state index is 0.272. The van der Waals surface area contributed by atoms with Gasteiger partial charge in [0.15, 0.2) is 0 Å². The van der Waals surface area contributed by atoms with Crippen molar-refractivity contribution in [3.63, 3.8) is 0 Å². The first-order chi connectivity index (χ1) is 11.3. The molecule has 132 valence electrons. The second-order valence-corrected chi connectivity index (χ2v) is 7.17. The lowest BCUT2D eigenvalue weighted by Gasteiger charge is -2.32. The van der Waals surface area contributed by atoms with Crippen LogP contribution in [0.2, 0.25) is 0 Å². The van der Waals surface area contributed by atoms with Gasteiger partial charge in [0.1, 0.15) is 0 Å². The Morgan fingerprint density at radius 1 is 1.21 bits per heavy atom. The van der Waals surface area contributed by atoms with E-state index >= 15 is 0 Å². The highest BCUT2D eigenvalue weighted by atomic mass is 16.5. The molecule has 0 atom stereocenters. The lowest BCUT2D eigenvalue weighted by atomic mass is 9.72. The average molecular weight is 328 g/mol. The third-order valence-electron chi connectivity index (χ3n) is 4.41. The van der Waals surface area contributed by atoms with Crippen LogP contribution < -0.4 is 0 Å². The molecule has 2 heteroatoms. The fraction of sp³-hybridized carbons (Fsp3) is 0.500. The van der Waals surface area contributed by atoms with Crippen LogP contribution in [-0.2, 0) is 9.53 Å². The van der Waals surface area contributed by atoms with Crippen molar-refractivity contribution in [1.29, 1.82) is 0 Å². The van der Waals surface area contributed by atoms with Crippen LogP contribution in [0.25, 0.3) is 0 Å². The fourth-order valence-electron chi connectivity index (χ4n) is 3.05. The molecule has 0 spiro atoms. The molecule has 0 fully saturated rings. The van der Waals surface area contributed by atoms with E-state index in [0.717, 1.165) is 5.57 Å². The first kappa shape index (κ1) is 20.2. The standard InChI is InChI=1S/C22H32O2/c1-7-24-21(23)16-18(3)11-8-10-17(2)13-14-20-19(4)12-9-15-22(20,5)6/h8,10-11,13-14,16H,7,9,12,15H2,1-6H3/b11-8+,14-13+,17-10+,18-16-. The van der Waals surface area contributed by atoms with E-state index in [2.05, 4.69) is 45.9 Å². The Balaban J connectivity index is 2.73. The summed E-state index contributed by atoms with van der Waals surface area (Å²) < 4.78 is 4.89. The SMILES string of the molecule is CCOC(=O)\C=C(C)/C=C/C=C(C)/C=C/C1=C(C)CCCC1(C)C. The molecule has 1 rings (SSSR count). The molecule has 0 aliphatic heterocycles. The molecule has 0 bridgehead atoms. The molecule has 0 radical (unpaired) electrons. The number of carbonyl (C=O) groups excluding carboxylic acids is 1. The summed E-state index contributed by atoms with van der Waals surface area (Å²) in [6.45, 7) is 13.1. The maximum atomic E-state index is 11.4. The molecule has 0 N–H and O–H groups in total. The Labute approximate surface area is 147 Å². The molecule has 0 aromatic carbocycles. The van der Waals surface area contributed by atoms with Gasteiger partial charge in [-0.15, -0.1) is 0 Å². The van der Waals surface area contributed by atoms with E-state index in [9.17, 15) is 4.79 Å². The molecule has 0 saturated carbocycles. The Bertz CT molecular complexity index is 595. The molecule has 0 amide bonds. The first-order valence-electron chi connectivity index (χ1n) is 8.84. The van der Waals surface area contributed by atoms with Crippen molar-refractivity contribution in [2.45, 2.75) is 60.8 Å². The summed E-state index contributed by atoms with van der Waals surface area (Å²) in [5.41, 5.74) is 5.33. The molecule has 0 aromatic rings. The van der Waals surface area contributed by atoms with E-state index in [4.69, 9.17) is 4.74 Å². The number of carbonyl (C=O) groups is 1. The van der Waals surface area contributed by atoms with Gasteiger partial charge >= 0.3 is 5.97 Å². The van der Waals surface area contributed by atoms with Crippen molar-refractivity contribution in [3.8, 4) is 0 Å². The Hall–Kier alpha value is -1.83. The van der Waals surface area contributed by atoms with E-state index in [1.165, 1.54) is 42.1 Å². The second kappa shape index (κ2) is 9.46. The van der Waals surface area contributed by atoms with Crippen LogP contribution in [0.3, 0.4) is 0 Å². The van der Waals surface area contributed by atoms with Gasteiger partial charge in [-0.2, -0.15) is 0 Å². The van der Waals surface area contributed by atoms with Crippen molar-refractivity contribution in [3.05, 3.63) is 58.7 Å². The smallest absolute Gasteiger partial charge is 0.330 e. The van der Waals surface area contributed by atoms with Crippen LogP contribution >= 0.6 is 0 Å². The zero-order valence-electron chi connectivity index (χ0n) is 16.1. The number of esters is 1. The highest BCUT2D eigenvalue weighted by molar-refractivity contribution is 5.83. The van der Waals surface area contributed by atoms with Crippen molar-refractivity contribution in [2.75, 3.05) is 6.61 Å². The number of ether oxygens (including phenoxy) is 1. The van der Waals surface area contributed by atoms with Crippen LogP contribution in [-0.4, -0.2) is 12.6 Å². The van der Waals surface area contributed by atoms with Gasteiger partial charge in [-0.3, -0.25) is 0 Å². The van der Waals surface area contributed by atoms with Crippen molar-refractivity contribution in [1.82, 2.24) is 0 Å². The third kappa shape index (κ3) is 6.74. The van der Waals surface area contributed by atoms with Crippen molar-refractivity contribution in [2.24, 2.45) is 5.41 Å². The molecule has 1 aliphatic rings.